The van der Waals surface area contributed by atoms with Gasteiger partial charge in [0.25, 0.3) is 5.91 Å². The zero-order chi connectivity index (χ0) is 23.4. The van der Waals surface area contributed by atoms with Crippen molar-refractivity contribution in [2.24, 2.45) is 5.41 Å². The summed E-state index contributed by atoms with van der Waals surface area (Å²) in [4.78, 5) is 28.9. The van der Waals surface area contributed by atoms with Crippen molar-refractivity contribution >= 4 is 23.3 Å². The SMILES string of the molecule is COC(=O)C1=C(Nc2ccc(N3CCC4(CCNCC4)CC3)cc2OC)C(=O)N(CCO)C1. The zero-order valence-corrected chi connectivity index (χ0v) is 19.5. The van der Waals surface area contributed by atoms with Gasteiger partial charge in [-0.25, -0.2) is 4.79 Å². The van der Waals surface area contributed by atoms with Crippen LogP contribution in [0.4, 0.5) is 11.4 Å². The first-order valence-corrected chi connectivity index (χ1v) is 11.6. The molecule has 0 bridgehead atoms. The van der Waals surface area contributed by atoms with Crippen LogP contribution in [0.25, 0.3) is 0 Å². The Hall–Kier alpha value is -2.78. The smallest absolute Gasteiger partial charge is 0.337 e. The van der Waals surface area contributed by atoms with Gasteiger partial charge in [-0.3, -0.25) is 4.79 Å². The number of aliphatic hydroxyl groups is 1. The molecule has 1 aromatic rings. The van der Waals surface area contributed by atoms with Gasteiger partial charge in [0.15, 0.2) is 0 Å². The molecule has 180 valence electrons. The number of methoxy groups -OCH3 is 2. The lowest BCUT2D eigenvalue weighted by Gasteiger charge is -2.45. The maximum atomic E-state index is 12.8. The number of amides is 1. The third-order valence-corrected chi connectivity index (χ3v) is 7.25. The molecule has 2 saturated heterocycles. The summed E-state index contributed by atoms with van der Waals surface area (Å²) in [6, 6.07) is 5.88. The van der Waals surface area contributed by atoms with Gasteiger partial charge in [-0.2, -0.15) is 0 Å². The van der Waals surface area contributed by atoms with E-state index in [4.69, 9.17) is 9.47 Å². The lowest BCUT2D eigenvalue weighted by molar-refractivity contribution is -0.136. The molecule has 9 nitrogen and oxygen atoms in total. The zero-order valence-electron chi connectivity index (χ0n) is 19.5. The number of anilines is 2. The largest absolute Gasteiger partial charge is 0.494 e. The highest BCUT2D eigenvalue weighted by Crippen LogP contribution is 2.41. The molecule has 1 amide bonds. The van der Waals surface area contributed by atoms with E-state index in [9.17, 15) is 14.7 Å². The highest BCUT2D eigenvalue weighted by Gasteiger charge is 2.36. The van der Waals surface area contributed by atoms with Crippen molar-refractivity contribution in [2.75, 3.05) is 70.3 Å². The number of hydrogen-bond donors (Lipinski definition) is 3. The fourth-order valence-corrected chi connectivity index (χ4v) is 5.16. The molecule has 3 aliphatic heterocycles. The van der Waals surface area contributed by atoms with E-state index in [0.717, 1.165) is 31.9 Å². The molecule has 0 atom stereocenters. The number of rotatable bonds is 7. The standard InChI is InChI=1S/C24H34N4O5/c1-32-20-15-17(27-11-7-24(8-12-27)5-9-25-10-6-24)3-4-19(20)26-21-18(23(31)33-2)16-28(13-14-29)22(21)30/h3-4,15,25-26,29H,5-14,16H2,1-2H3. The lowest BCUT2D eigenvalue weighted by Crippen LogP contribution is -2.45. The topological polar surface area (TPSA) is 103 Å². The van der Waals surface area contributed by atoms with E-state index in [2.05, 4.69) is 15.5 Å². The van der Waals surface area contributed by atoms with E-state index in [0.29, 0.717) is 16.9 Å². The Bertz CT molecular complexity index is 915. The molecule has 1 aromatic carbocycles. The Kier molecular flexibility index (Phi) is 7.09. The number of β-amino-alcohol motifs (C(OH)–C–C–N with tert-alkyl or cyclic N) is 1. The maximum absolute atomic E-state index is 12.8. The number of hydrogen-bond acceptors (Lipinski definition) is 8. The Labute approximate surface area is 194 Å². The van der Waals surface area contributed by atoms with Gasteiger partial charge in [-0.1, -0.05) is 0 Å². The summed E-state index contributed by atoms with van der Waals surface area (Å²) in [5, 5.41) is 15.8. The minimum absolute atomic E-state index is 0.0971. The second kappa shape index (κ2) is 10.0. The van der Waals surface area contributed by atoms with Crippen molar-refractivity contribution in [1.82, 2.24) is 10.2 Å². The second-order valence-electron chi connectivity index (χ2n) is 9.04. The van der Waals surface area contributed by atoms with Gasteiger partial charge in [0.05, 0.1) is 38.6 Å². The minimum atomic E-state index is -0.568. The van der Waals surface area contributed by atoms with Crippen LogP contribution in [-0.4, -0.2) is 82.0 Å². The van der Waals surface area contributed by atoms with Crippen molar-refractivity contribution in [3.05, 3.63) is 29.5 Å². The van der Waals surface area contributed by atoms with Crippen LogP contribution in [0.3, 0.4) is 0 Å². The van der Waals surface area contributed by atoms with E-state index in [1.165, 1.54) is 37.7 Å². The molecular formula is C24H34N4O5. The number of nitrogens with zero attached hydrogens (tertiary/aromatic N) is 2. The predicted octanol–water partition coefficient (Wildman–Crippen LogP) is 1.34. The highest BCUT2D eigenvalue weighted by molar-refractivity contribution is 6.08. The molecule has 3 N–H and O–H groups in total. The maximum Gasteiger partial charge on any atom is 0.337 e. The van der Waals surface area contributed by atoms with Gasteiger partial charge in [-0.05, 0) is 56.3 Å². The minimum Gasteiger partial charge on any atom is -0.494 e. The van der Waals surface area contributed by atoms with E-state index < -0.39 is 5.97 Å². The first-order valence-electron chi connectivity index (χ1n) is 11.6. The fraction of sp³-hybridized carbons (Fsp3) is 0.583. The molecule has 0 unspecified atom stereocenters. The van der Waals surface area contributed by atoms with Crippen LogP contribution in [0.5, 0.6) is 5.75 Å². The summed E-state index contributed by atoms with van der Waals surface area (Å²) in [5.74, 6) is -0.319. The summed E-state index contributed by atoms with van der Waals surface area (Å²) < 4.78 is 10.5. The number of carbonyl (C=O) groups excluding carboxylic acids is 2. The number of benzene rings is 1. The molecule has 3 aliphatic rings. The Morgan fingerprint density at radius 1 is 1.18 bits per heavy atom. The van der Waals surface area contributed by atoms with Gasteiger partial charge in [0.2, 0.25) is 0 Å². The number of esters is 1. The van der Waals surface area contributed by atoms with Crippen molar-refractivity contribution in [2.45, 2.75) is 25.7 Å². The number of piperidine rings is 2. The molecule has 0 saturated carbocycles. The van der Waals surface area contributed by atoms with Crippen LogP contribution < -0.4 is 20.3 Å². The van der Waals surface area contributed by atoms with Crippen molar-refractivity contribution in [3.63, 3.8) is 0 Å². The van der Waals surface area contributed by atoms with Crippen molar-refractivity contribution < 1.29 is 24.2 Å². The molecule has 0 aliphatic carbocycles. The first kappa shape index (κ1) is 23.4. The molecule has 33 heavy (non-hydrogen) atoms. The number of aliphatic hydroxyl groups excluding tert-OH is 1. The van der Waals surface area contributed by atoms with Crippen molar-refractivity contribution in [1.29, 1.82) is 0 Å². The second-order valence-corrected chi connectivity index (χ2v) is 9.04. The normalized spacial score (nSPS) is 20.4. The average Bonchev–Trinajstić information content (AvgIpc) is 3.15. The third kappa shape index (κ3) is 4.79. The Morgan fingerprint density at radius 3 is 2.55 bits per heavy atom. The number of carbonyl (C=O) groups is 2. The summed E-state index contributed by atoms with van der Waals surface area (Å²) >= 11 is 0. The fourth-order valence-electron chi connectivity index (χ4n) is 5.16. The third-order valence-electron chi connectivity index (χ3n) is 7.25. The van der Waals surface area contributed by atoms with Crippen LogP contribution in [0, 0.1) is 5.41 Å². The van der Waals surface area contributed by atoms with E-state index in [1.54, 1.807) is 7.11 Å². The van der Waals surface area contributed by atoms with Crippen LogP contribution >= 0.6 is 0 Å². The van der Waals surface area contributed by atoms with E-state index in [1.807, 2.05) is 18.2 Å². The van der Waals surface area contributed by atoms with Crippen LogP contribution in [0.2, 0.25) is 0 Å². The summed E-state index contributed by atoms with van der Waals surface area (Å²) in [6.45, 7) is 4.33. The van der Waals surface area contributed by atoms with Crippen LogP contribution in [0.1, 0.15) is 25.7 Å². The molecule has 3 heterocycles. The van der Waals surface area contributed by atoms with Gasteiger partial charge in [0, 0.05) is 31.4 Å². The molecule has 0 aromatic heterocycles. The number of ether oxygens (including phenoxy) is 2. The van der Waals surface area contributed by atoms with Crippen LogP contribution in [0.15, 0.2) is 29.5 Å². The predicted molar refractivity (Wildman–Crippen MR) is 125 cm³/mol. The monoisotopic (exact) mass is 458 g/mol. The molecule has 1 spiro atoms. The van der Waals surface area contributed by atoms with Crippen LogP contribution in [-0.2, 0) is 14.3 Å². The first-order chi connectivity index (χ1) is 16.0. The molecule has 2 fully saturated rings. The summed E-state index contributed by atoms with van der Waals surface area (Å²) in [5.41, 5.74) is 2.57. The molecule has 4 rings (SSSR count). The highest BCUT2D eigenvalue weighted by atomic mass is 16.5. The number of nitrogens with one attached hydrogen (secondary N) is 2. The molecule has 0 radical (unpaired) electrons. The quantitative estimate of drug-likeness (QED) is 0.526. The molecule has 9 heteroatoms. The van der Waals surface area contributed by atoms with E-state index in [-0.39, 0.29) is 36.9 Å². The average molecular weight is 459 g/mol. The van der Waals surface area contributed by atoms with E-state index >= 15 is 0 Å². The van der Waals surface area contributed by atoms with Gasteiger partial charge < -0.3 is 35.0 Å². The van der Waals surface area contributed by atoms with Gasteiger partial charge in [0.1, 0.15) is 11.4 Å². The Balaban J connectivity index is 1.51. The summed E-state index contributed by atoms with van der Waals surface area (Å²) in [7, 11) is 2.88. The molecular weight excluding hydrogens is 424 g/mol. The van der Waals surface area contributed by atoms with Crippen molar-refractivity contribution in [3.8, 4) is 5.75 Å². The summed E-state index contributed by atoms with van der Waals surface area (Å²) in [6.07, 6.45) is 4.90. The Morgan fingerprint density at radius 2 is 1.91 bits per heavy atom. The van der Waals surface area contributed by atoms with Gasteiger partial charge in [-0.15, -0.1) is 0 Å². The van der Waals surface area contributed by atoms with Gasteiger partial charge >= 0.3 is 5.97 Å². The lowest BCUT2D eigenvalue weighted by atomic mass is 9.71.